The van der Waals surface area contributed by atoms with Gasteiger partial charge in [-0.1, -0.05) is 0 Å². The molecular formula is C14H29IN4O2. The molecule has 6 nitrogen and oxygen atoms in total. The highest BCUT2D eigenvalue weighted by atomic mass is 127. The number of halogens is 1. The minimum absolute atomic E-state index is 0. The summed E-state index contributed by atoms with van der Waals surface area (Å²) >= 11 is 0. The number of rotatable bonds is 9. The van der Waals surface area contributed by atoms with Crippen molar-refractivity contribution in [1.82, 2.24) is 15.5 Å². The van der Waals surface area contributed by atoms with Gasteiger partial charge >= 0.3 is 0 Å². The standard InChI is InChI=1S/C14H28N4O2.HI/c1-4-20-9-5-8-15-14(16-10-12-6-7-12)17-11-13(19)18(2)3;/h12H,4-11H2,1-3H3,(H2,15,16,17);1H. The van der Waals surface area contributed by atoms with Crippen LogP contribution < -0.4 is 10.6 Å². The second kappa shape index (κ2) is 12.0. The van der Waals surface area contributed by atoms with Crippen LogP contribution in [-0.2, 0) is 9.53 Å². The molecule has 0 atom stereocenters. The van der Waals surface area contributed by atoms with Gasteiger partial charge in [0.2, 0.25) is 5.91 Å². The first-order chi connectivity index (χ1) is 9.63. The lowest BCUT2D eigenvalue weighted by molar-refractivity contribution is -0.127. The molecule has 0 aromatic carbocycles. The van der Waals surface area contributed by atoms with Crippen molar-refractivity contribution >= 4 is 35.8 Å². The minimum atomic E-state index is 0. The van der Waals surface area contributed by atoms with Gasteiger partial charge in [0, 0.05) is 40.4 Å². The summed E-state index contributed by atoms with van der Waals surface area (Å²) in [6.45, 7) is 5.40. The summed E-state index contributed by atoms with van der Waals surface area (Å²) in [7, 11) is 3.48. The third-order valence-electron chi connectivity index (χ3n) is 3.09. The summed E-state index contributed by atoms with van der Waals surface area (Å²) in [5, 5.41) is 6.54. The molecule has 0 aliphatic heterocycles. The van der Waals surface area contributed by atoms with Crippen LogP contribution in [0.15, 0.2) is 4.99 Å². The Balaban J connectivity index is 0.00000400. The number of aliphatic imine (C=N–C) groups is 1. The lowest BCUT2D eigenvalue weighted by Crippen LogP contribution is -2.40. The molecule has 0 heterocycles. The number of nitrogens with one attached hydrogen (secondary N) is 2. The largest absolute Gasteiger partial charge is 0.382 e. The molecule has 7 heteroatoms. The number of hydrogen-bond donors (Lipinski definition) is 2. The van der Waals surface area contributed by atoms with Gasteiger partial charge in [0.15, 0.2) is 5.96 Å². The van der Waals surface area contributed by atoms with Gasteiger partial charge in [-0.3, -0.25) is 4.79 Å². The summed E-state index contributed by atoms with van der Waals surface area (Å²) in [6, 6.07) is 0. The summed E-state index contributed by atoms with van der Waals surface area (Å²) in [5.41, 5.74) is 0. The van der Waals surface area contributed by atoms with Gasteiger partial charge in [-0.15, -0.1) is 24.0 Å². The Kier molecular flexibility index (Phi) is 11.7. The second-order valence-corrected chi connectivity index (χ2v) is 5.25. The van der Waals surface area contributed by atoms with Crippen LogP contribution in [0.25, 0.3) is 0 Å². The van der Waals surface area contributed by atoms with Crippen LogP contribution in [0.1, 0.15) is 26.2 Å². The fourth-order valence-electron chi connectivity index (χ4n) is 1.55. The van der Waals surface area contributed by atoms with E-state index in [1.807, 2.05) is 6.92 Å². The van der Waals surface area contributed by atoms with Gasteiger partial charge in [-0.2, -0.15) is 0 Å². The van der Waals surface area contributed by atoms with E-state index in [2.05, 4.69) is 15.6 Å². The summed E-state index contributed by atoms with van der Waals surface area (Å²) in [6.07, 6.45) is 3.52. The average Bonchev–Trinajstić information content (AvgIpc) is 3.24. The highest BCUT2D eigenvalue weighted by Gasteiger charge is 2.21. The predicted molar refractivity (Wildman–Crippen MR) is 96.3 cm³/mol. The van der Waals surface area contributed by atoms with Gasteiger partial charge in [-0.25, -0.2) is 4.99 Å². The van der Waals surface area contributed by atoms with Crippen molar-refractivity contribution in [2.24, 2.45) is 10.9 Å². The van der Waals surface area contributed by atoms with E-state index in [0.717, 1.165) is 44.6 Å². The molecule has 0 bridgehead atoms. The first-order valence-electron chi connectivity index (χ1n) is 7.43. The highest BCUT2D eigenvalue weighted by molar-refractivity contribution is 14.0. The van der Waals surface area contributed by atoms with E-state index < -0.39 is 0 Å². The van der Waals surface area contributed by atoms with Crippen LogP contribution in [0.5, 0.6) is 0 Å². The SMILES string of the molecule is CCOCCCNC(=NCC(=O)N(C)C)NCC1CC1.I. The van der Waals surface area contributed by atoms with Gasteiger partial charge < -0.3 is 20.3 Å². The molecular weight excluding hydrogens is 383 g/mol. The first kappa shape index (κ1) is 20.4. The number of carbonyl (C=O) groups excluding carboxylic acids is 1. The number of hydrogen-bond acceptors (Lipinski definition) is 3. The van der Waals surface area contributed by atoms with Gasteiger partial charge in [0.25, 0.3) is 0 Å². The Bertz CT molecular complexity index is 320. The van der Waals surface area contributed by atoms with Crippen molar-refractivity contribution in [1.29, 1.82) is 0 Å². The Labute approximate surface area is 145 Å². The maximum absolute atomic E-state index is 11.6. The maximum atomic E-state index is 11.6. The van der Waals surface area contributed by atoms with Gasteiger partial charge in [0.05, 0.1) is 0 Å². The third-order valence-corrected chi connectivity index (χ3v) is 3.09. The zero-order valence-electron chi connectivity index (χ0n) is 13.4. The molecule has 21 heavy (non-hydrogen) atoms. The topological polar surface area (TPSA) is 66.0 Å². The molecule has 0 saturated heterocycles. The Morgan fingerprint density at radius 1 is 1.33 bits per heavy atom. The average molecular weight is 412 g/mol. The van der Waals surface area contributed by atoms with Crippen LogP contribution in [0.3, 0.4) is 0 Å². The van der Waals surface area contributed by atoms with E-state index in [-0.39, 0.29) is 36.4 Å². The normalized spacial score (nSPS) is 14.3. The molecule has 0 unspecified atom stereocenters. The van der Waals surface area contributed by atoms with E-state index in [0.29, 0.717) is 0 Å². The summed E-state index contributed by atoms with van der Waals surface area (Å²) < 4.78 is 5.29. The van der Waals surface area contributed by atoms with Crippen LogP contribution in [0, 0.1) is 5.92 Å². The van der Waals surface area contributed by atoms with Crippen molar-refractivity contribution in [2.75, 3.05) is 46.9 Å². The molecule has 2 N–H and O–H groups in total. The van der Waals surface area contributed by atoms with Crippen LogP contribution in [-0.4, -0.2) is 63.7 Å². The van der Waals surface area contributed by atoms with E-state index >= 15 is 0 Å². The minimum Gasteiger partial charge on any atom is -0.382 e. The highest BCUT2D eigenvalue weighted by Crippen LogP contribution is 2.27. The molecule has 1 aliphatic carbocycles. The molecule has 1 aliphatic rings. The molecule has 0 aromatic rings. The number of amides is 1. The molecule has 1 saturated carbocycles. The molecule has 0 aromatic heterocycles. The number of ether oxygens (including phenoxy) is 1. The fourth-order valence-corrected chi connectivity index (χ4v) is 1.55. The molecule has 1 amide bonds. The van der Waals surface area contributed by atoms with Crippen LogP contribution in [0.4, 0.5) is 0 Å². The number of carbonyl (C=O) groups is 1. The van der Waals surface area contributed by atoms with E-state index in [1.165, 1.54) is 12.8 Å². The Hall–Kier alpha value is -0.570. The third kappa shape index (κ3) is 10.8. The number of guanidine groups is 1. The van der Waals surface area contributed by atoms with E-state index in [1.54, 1.807) is 19.0 Å². The zero-order chi connectivity index (χ0) is 14.8. The summed E-state index contributed by atoms with van der Waals surface area (Å²) in [5.74, 6) is 1.51. The van der Waals surface area contributed by atoms with Crippen molar-refractivity contribution in [2.45, 2.75) is 26.2 Å². The van der Waals surface area contributed by atoms with E-state index in [4.69, 9.17) is 4.74 Å². The fraction of sp³-hybridized carbons (Fsp3) is 0.857. The zero-order valence-corrected chi connectivity index (χ0v) is 15.7. The van der Waals surface area contributed by atoms with Crippen LogP contribution >= 0.6 is 24.0 Å². The molecule has 1 rings (SSSR count). The Morgan fingerprint density at radius 2 is 2.05 bits per heavy atom. The van der Waals surface area contributed by atoms with Gasteiger partial charge in [-0.05, 0) is 32.1 Å². The molecule has 0 radical (unpaired) electrons. The van der Waals surface area contributed by atoms with E-state index in [9.17, 15) is 4.79 Å². The lowest BCUT2D eigenvalue weighted by Gasteiger charge is -2.13. The molecule has 0 spiro atoms. The predicted octanol–water partition coefficient (Wildman–Crippen LogP) is 1.06. The van der Waals surface area contributed by atoms with Crippen molar-refractivity contribution < 1.29 is 9.53 Å². The van der Waals surface area contributed by atoms with Gasteiger partial charge in [0.1, 0.15) is 6.54 Å². The second-order valence-electron chi connectivity index (χ2n) is 5.25. The van der Waals surface area contributed by atoms with Crippen molar-refractivity contribution in [3.63, 3.8) is 0 Å². The monoisotopic (exact) mass is 412 g/mol. The van der Waals surface area contributed by atoms with Crippen LogP contribution in [0.2, 0.25) is 0 Å². The molecule has 124 valence electrons. The summed E-state index contributed by atoms with van der Waals surface area (Å²) in [4.78, 5) is 17.4. The lowest BCUT2D eigenvalue weighted by atomic mass is 10.4. The quantitative estimate of drug-likeness (QED) is 0.257. The first-order valence-corrected chi connectivity index (χ1v) is 7.43. The maximum Gasteiger partial charge on any atom is 0.243 e. The number of likely N-dealkylation sites (N-methyl/N-ethyl adjacent to an activating group) is 1. The smallest absolute Gasteiger partial charge is 0.243 e. The van der Waals surface area contributed by atoms with Crippen molar-refractivity contribution in [3.8, 4) is 0 Å². The number of nitrogens with zero attached hydrogens (tertiary/aromatic N) is 2. The molecule has 1 fully saturated rings. The Morgan fingerprint density at radius 3 is 2.62 bits per heavy atom. The van der Waals surface area contributed by atoms with Crippen molar-refractivity contribution in [3.05, 3.63) is 0 Å².